The van der Waals surface area contributed by atoms with E-state index in [1.807, 2.05) is 13.0 Å². The summed E-state index contributed by atoms with van der Waals surface area (Å²) in [7, 11) is 0. The van der Waals surface area contributed by atoms with Gasteiger partial charge in [-0.25, -0.2) is 0 Å². The fourth-order valence-electron chi connectivity index (χ4n) is 3.12. The molecule has 0 aromatic heterocycles. The second-order valence-electron chi connectivity index (χ2n) is 5.49. The molecule has 0 bridgehead atoms. The lowest BCUT2D eigenvalue weighted by Crippen LogP contribution is -2.36. The molecule has 1 nitrogen and oxygen atoms in total. The summed E-state index contributed by atoms with van der Waals surface area (Å²) in [6, 6.07) is 0. The van der Waals surface area contributed by atoms with Crippen LogP contribution in [-0.2, 0) is 0 Å². The highest BCUT2D eigenvalue weighted by molar-refractivity contribution is 5.37. The van der Waals surface area contributed by atoms with E-state index in [9.17, 15) is 5.11 Å². The van der Waals surface area contributed by atoms with Gasteiger partial charge in [-0.3, -0.25) is 0 Å². The van der Waals surface area contributed by atoms with Gasteiger partial charge in [0.25, 0.3) is 0 Å². The van der Waals surface area contributed by atoms with Crippen LogP contribution in [-0.4, -0.2) is 11.2 Å². The van der Waals surface area contributed by atoms with Crippen molar-refractivity contribution >= 4 is 0 Å². The van der Waals surface area contributed by atoms with E-state index in [1.165, 1.54) is 24.0 Å². The van der Waals surface area contributed by atoms with Crippen molar-refractivity contribution < 1.29 is 5.11 Å². The zero-order valence-electron chi connectivity index (χ0n) is 10.5. The third-order valence-corrected chi connectivity index (χ3v) is 4.21. The Hall–Kier alpha value is -0.820. The van der Waals surface area contributed by atoms with Crippen molar-refractivity contribution in [1.29, 1.82) is 0 Å². The number of aliphatic hydroxyl groups is 1. The number of hydrogen-bond donors (Lipinski definition) is 1. The highest BCUT2D eigenvalue weighted by atomic mass is 16.3. The molecular formula is C15H22O. The van der Waals surface area contributed by atoms with Crippen LogP contribution in [0.3, 0.4) is 0 Å². The van der Waals surface area contributed by atoms with Gasteiger partial charge in [-0.2, -0.15) is 0 Å². The summed E-state index contributed by atoms with van der Waals surface area (Å²) in [4.78, 5) is 0. The van der Waals surface area contributed by atoms with Gasteiger partial charge in [0.05, 0.1) is 6.10 Å². The molecule has 0 aromatic rings. The van der Waals surface area contributed by atoms with Gasteiger partial charge in [0.15, 0.2) is 0 Å². The Morgan fingerprint density at radius 3 is 2.75 bits per heavy atom. The lowest BCUT2D eigenvalue weighted by Gasteiger charge is -2.41. The Morgan fingerprint density at radius 2 is 2.12 bits per heavy atom. The maximum absolute atomic E-state index is 10.1. The van der Waals surface area contributed by atoms with E-state index < -0.39 is 0 Å². The average Bonchev–Trinajstić information content (AvgIpc) is 2.22. The third-order valence-electron chi connectivity index (χ3n) is 4.21. The number of hydrogen-bond acceptors (Lipinski definition) is 1. The molecule has 0 aromatic carbocycles. The predicted octanol–water partition coefficient (Wildman–Crippen LogP) is 3.47. The van der Waals surface area contributed by atoms with E-state index in [2.05, 4.69) is 26.5 Å². The smallest absolute Gasteiger partial charge is 0.0755 e. The zero-order valence-corrected chi connectivity index (χ0v) is 10.5. The summed E-state index contributed by atoms with van der Waals surface area (Å²) in [6.45, 7) is 10.5. The third kappa shape index (κ3) is 1.89. The molecule has 0 saturated heterocycles. The van der Waals surface area contributed by atoms with Crippen LogP contribution in [0.1, 0.15) is 33.6 Å². The minimum atomic E-state index is -0.292. The lowest BCUT2D eigenvalue weighted by molar-refractivity contribution is 0.0903. The maximum Gasteiger partial charge on any atom is 0.0755 e. The molecule has 88 valence electrons. The van der Waals surface area contributed by atoms with Gasteiger partial charge < -0.3 is 5.11 Å². The quantitative estimate of drug-likeness (QED) is 0.668. The van der Waals surface area contributed by atoms with Crippen molar-refractivity contribution in [3.8, 4) is 0 Å². The van der Waals surface area contributed by atoms with Crippen LogP contribution >= 0.6 is 0 Å². The molecule has 1 heteroatoms. The second-order valence-corrected chi connectivity index (χ2v) is 5.49. The van der Waals surface area contributed by atoms with Crippen molar-refractivity contribution in [2.75, 3.05) is 0 Å². The first kappa shape index (κ1) is 11.7. The van der Waals surface area contributed by atoms with Crippen LogP contribution < -0.4 is 0 Å². The molecule has 0 heterocycles. The average molecular weight is 218 g/mol. The van der Waals surface area contributed by atoms with E-state index in [4.69, 9.17) is 0 Å². The molecule has 0 radical (unpaired) electrons. The van der Waals surface area contributed by atoms with Crippen LogP contribution in [0.25, 0.3) is 0 Å². The first-order valence-electron chi connectivity index (χ1n) is 6.23. The number of fused-ring (bicyclic) bond motifs is 1. The van der Waals surface area contributed by atoms with Crippen LogP contribution in [0.15, 0.2) is 35.5 Å². The summed E-state index contributed by atoms with van der Waals surface area (Å²) in [5.41, 5.74) is 3.85. The molecule has 2 aliphatic carbocycles. The molecule has 4 atom stereocenters. The summed E-state index contributed by atoms with van der Waals surface area (Å²) >= 11 is 0. The molecule has 2 aliphatic rings. The van der Waals surface area contributed by atoms with Crippen LogP contribution in [0.4, 0.5) is 0 Å². The second kappa shape index (κ2) is 4.21. The number of rotatable bonds is 1. The molecule has 0 unspecified atom stereocenters. The summed E-state index contributed by atoms with van der Waals surface area (Å²) in [5, 5.41) is 10.1. The van der Waals surface area contributed by atoms with Crippen molar-refractivity contribution in [3.63, 3.8) is 0 Å². The molecular weight excluding hydrogens is 196 g/mol. The normalized spacial score (nSPS) is 38.5. The summed E-state index contributed by atoms with van der Waals surface area (Å²) in [6.07, 6.45) is 6.50. The minimum Gasteiger partial charge on any atom is -0.389 e. The summed E-state index contributed by atoms with van der Waals surface area (Å²) in [5.74, 6) is 1.46. The van der Waals surface area contributed by atoms with Gasteiger partial charge in [-0.15, -0.1) is 0 Å². The van der Waals surface area contributed by atoms with Crippen LogP contribution in [0.5, 0.6) is 0 Å². The predicted molar refractivity (Wildman–Crippen MR) is 68.0 cm³/mol. The Bertz CT molecular complexity index is 362. The van der Waals surface area contributed by atoms with Gasteiger partial charge in [0.2, 0.25) is 0 Å². The molecule has 1 N–H and O–H groups in total. The molecule has 2 rings (SSSR count). The van der Waals surface area contributed by atoms with Gasteiger partial charge in [-0.1, -0.05) is 36.8 Å². The highest BCUT2D eigenvalue weighted by Crippen LogP contribution is 2.44. The molecule has 16 heavy (non-hydrogen) atoms. The van der Waals surface area contributed by atoms with Gasteiger partial charge >= 0.3 is 0 Å². The Balaban J connectivity index is 2.41. The Morgan fingerprint density at radius 1 is 1.44 bits per heavy atom. The van der Waals surface area contributed by atoms with Crippen molar-refractivity contribution in [1.82, 2.24) is 0 Å². The van der Waals surface area contributed by atoms with Crippen molar-refractivity contribution in [2.45, 2.75) is 39.7 Å². The molecule has 0 aliphatic heterocycles. The Kier molecular flexibility index (Phi) is 3.07. The summed E-state index contributed by atoms with van der Waals surface area (Å²) < 4.78 is 0. The molecule has 0 fully saturated rings. The zero-order chi connectivity index (χ0) is 11.9. The maximum atomic E-state index is 10.1. The standard InChI is InChI=1S/C15H22O/c1-9(2)13-8-15(16)11(4)12-6-5-10(3)7-14(12)13/h7-8,11-12,14-16H,1,5-6H2,2-4H3/t11-,12-,14-,15-/m1/s1. The van der Waals surface area contributed by atoms with E-state index >= 15 is 0 Å². The van der Waals surface area contributed by atoms with Gasteiger partial charge in [0.1, 0.15) is 0 Å². The fraction of sp³-hybridized carbons (Fsp3) is 0.600. The highest BCUT2D eigenvalue weighted by Gasteiger charge is 2.37. The monoisotopic (exact) mass is 218 g/mol. The van der Waals surface area contributed by atoms with E-state index in [-0.39, 0.29) is 6.10 Å². The number of aliphatic hydroxyl groups excluding tert-OH is 1. The molecule has 0 amide bonds. The van der Waals surface area contributed by atoms with Gasteiger partial charge in [-0.05, 0) is 44.1 Å². The van der Waals surface area contributed by atoms with Crippen LogP contribution in [0.2, 0.25) is 0 Å². The number of allylic oxidation sites excluding steroid dienone is 4. The minimum absolute atomic E-state index is 0.292. The van der Waals surface area contributed by atoms with Crippen LogP contribution in [0, 0.1) is 17.8 Å². The topological polar surface area (TPSA) is 20.2 Å². The van der Waals surface area contributed by atoms with Gasteiger partial charge in [0, 0.05) is 5.92 Å². The van der Waals surface area contributed by atoms with E-state index in [0.717, 1.165) is 5.57 Å². The first-order chi connectivity index (χ1) is 7.50. The van der Waals surface area contributed by atoms with E-state index in [1.54, 1.807) is 0 Å². The molecule has 0 spiro atoms. The fourth-order valence-corrected chi connectivity index (χ4v) is 3.12. The largest absolute Gasteiger partial charge is 0.389 e. The van der Waals surface area contributed by atoms with Crippen molar-refractivity contribution in [3.05, 3.63) is 35.5 Å². The van der Waals surface area contributed by atoms with E-state index in [0.29, 0.717) is 17.8 Å². The Labute approximate surface area is 98.6 Å². The lowest BCUT2D eigenvalue weighted by atomic mass is 9.65. The SMILES string of the molecule is C=C(C)C1=C[C@@H](O)[C@H](C)[C@H]2CCC(C)=C[C@@H]12. The molecule has 0 saturated carbocycles. The van der Waals surface area contributed by atoms with Crippen molar-refractivity contribution in [2.24, 2.45) is 17.8 Å². The first-order valence-corrected chi connectivity index (χ1v) is 6.23.